The zero-order valence-corrected chi connectivity index (χ0v) is 14.3. The molecule has 0 unspecified atom stereocenters. The SMILES string of the molecule is c1cc(-c2cccc3ccccc23)nc(-c2cccc3ccccc23)c1. The molecule has 0 saturated carbocycles. The summed E-state index contributed by atoms with van der Waals surface area (Å²) in [6.07, 6.45) is 0. The highest BCUT2D eigenvalue weighted by molar-refractivity contribution is 5.98. The molecule has 1 nitrogen and oxygen atoms in total. The van der Waals surface area contributed by atoms with E-state index in [1.165, 1.54) is 32.7 Å². The third kappa shape index (κ3) is 2.46. The normalized spacial score (nSPS) is 11.1. The number of benzene rings is 4. The lowest BCUT2D eigenvalue weighted by Crippen LogP contribution is -1.90. The Morgan fingerprint density at radius 1 is 0.385 bits per heavy atom. The summed E-state index contributed by atoms with van der Waals surface area (Å²) in [4.78, 5) is 5.01. The first-order valence-electron chi connectivity index (χ1n) is 8.83. The number of rotatable bonds is 2. The summed E-state index contributed by atoms with van der Waals surface area (Å²) < 4.78 is 0. The number of hydrogen-bond acceptors (Lipinski definition) is 1. The molecule has 0 spiro atoms. The fourth-order valence-electron chi connectivity index (χ4n) is 3.63. The summed E-state index contributed by atoms with van der Waals surface area (Å²) in [5, 5.41) is 4.94. The second-order valence-corrected chi connectivity index (χ2v) is 6.46. The second-order valence-electron chi connectivity index (χ2n) is 6.46. The van der Waals surface area contributed by atoms with Crippen molar-refractivity contribution in [3.63, 3.8) is 0 Å². The minimum absolute atomic E-state index is 1.01. The van der Waals surface area contributed by atoms with Gasteiger partial charge < -0.3 is 0 Å². The fourth-order valence-corrected chi connectivity index (χ4v) is 3.63. The number of nitrogens with zero attached hydrogens (tertiary/aromatic N) is 1. The molecule has 1 heterocycles. The van der Waals surface area contributed by atoms with Gasteiger partial charge in [-0.2, -0.15) is 0 Å². The van der Waals surface area contributed by atoms with Gasteiger partial charge in [-0.1, -0.05) is 91.0 Å². The van der Waals surface area contributed by atoms with Crippen molar-refractivity contribution in [1.82, 2.24) is 4.98 Å². The molecule has 0 amide bonds. The van der Waals surface area contributed by atoms with Crippen LogP contribution >= 0.6 is 0 Å². The monoisotopic (exact) mass is 331 g/mol. The van der Waals surface area contributed by atoms with Crippen molar-refractivity contribution >= 4 is 21.5 Å². The van der Waals surface area contributed by atoms with Crippen molar-refractivity contribution in [2.75, 3.05) is 0 Å². The zero-order valence-electron chi connectivity index (χ0n) is 14.3. The summed E-state index contributed by atoms with van der Waals surface area (Å²) >= 11 is 0. The third-order valence-corrected chi connectivity index (χ3v) is 4.88. The standard InChI is InChI=1S/C25H17N/c1-3-12-20-18(8-1)10-5-14-22(20)24-16-7-17-25(26-24)23-15-6-11-19-9-2-4-13-21(19)23/h1-17H. The Labute approximate surface area is 152 Å². The summed E-state index contributed by atoms with van der Waals surface area (Å²) in [5.74, 6) is 0. The van der Waals surface area contributed by atoms with Crippen LogP contribution in [0.1, 0.15) is 0 Å². The van der Waals surface area contributed by atoms with Crippen LogP contribution in [0.25, 0.3) is 44.1 Å². The molecule has 0 N–H and O–H groups in total. The molecule has 0 saturated heterocycles. The maximum absolute atomic E-state index is 5.01. The van der Waals surface area contributed by atoms with Crippen LogP contribution in [0.2, 0.25) is 0 Å². The van der Waals surface area contributed by atoms with E-state index in [0.717, 1.165) is 11.4 Å². The summed E-state index contributed by atoms with van der Waals surface area (Å²) in [5.41, 5.74) is 4.36. The third-order valence-electron chi connectivity index (χ3n) is 4.88. The summed E-state index contributed by atoms with van der Waals surface area (Å²) in [6, 6.07) is 36.0. The van der Waals surface area contributed by atoms with Crippen LogP contribution in [-0.2, 0) is 0 Å². The predicted molar refractivity (Wildman–Crippen MR) is 110 cm³/mol. The van der Waals surface area contributed by atoms with Gasteiger partial charge in [0.1, 0.15) is 0 Å². The highest BCUT2D eigenvalue weighted by Crippen LogP contribution is 2.31. The van der Waals surface area contributed by atoms with E-state index in [0.29, 0.717) is 0 Å². The first-order chi connectivity index (χ1) is 12.9. The highest BCUT2D eigenvalue weighted by Gasteiger charge is 2.08. The number of hydrogen-bond donors (Lipinski definition) is 0. The molecule has 0 atom stereocenters. The van der Waals surface area contributed by atoms with Crippen molar-refractivity contribution < 1.29 is 0 Å². The molecule has 0 aliphatic rings. The summed E-state index contributed by atoms with van der Waals surface area (Å²) in [6.45, 7) is 0. The first-order valence-corrected chi connectivity index (χ1v) is 8.83. The Balaban J connectivity index is 1.72. The van der Waals surface area contributed by atoms with E-state index < -0.39 is 0 Å². The van der Waals surface area contributed by atoms with E-state index >= 15 is 0 Å². The molecular weight excluding hydrogens is 314 g/mol. The van der Waals surface area contributed by atoms with E-state index in [2.05, 4.69) is 103 Å². The molecule has 5 aromatic rings. The van der Waals surface area contributed by atoms with E-state index in [4.69, 9.17) is 4.98 Å². The fraction of sp³-hybridized carbons (Fsp3) is 0. The topological polar surface area (TPSA) is 12.9 Å². The van der Waals surface area contributed by atoms with Gasteiger partial charge in [-0.3, -0.25) is 0 Å². The van der Waals surface area contributed by atoms with Gasteiger partial charge in [0.05, 0.1) is 11.4 Å². The molecule has 4 aromatic carbocycles. The zero-order chi connectivity index (χ0) is 17.3. The number of aromatic nitrogens is 1. The quantitative estimate of drug-likeness (QED) is 0.350. The average Bonchev–Trinajstić information content (AvgIpc) is 2.73. The average molecular weight is 331 g/mol. The minimum Gasteiger partial charge on any atom is -0.248 e. The molecule has 0 radical (unpaired) electrons. The second kappa shape index (κ2) is 6.12. The van der Waals surface area contributed by atoms with Crippen LogP contribution in [0.15, 0.2) is 103 Å². The maximum Gasteiger partial charge on any atom is 0.0715 e. The van der Waals surface area contributed by atoms with Crippen LogP contribution < -0.4 is 0 Å². The molecule has 0 aliphatic carbocycles. The van der Waals surface area contributed by atoms with Gasteiger partial charge in [0.2, 0.25) is 0 Å². The molecular formula is C25H17N. The number of fused-ring (bicyclic) bond motifs is 2. The van der Waals surface area contributed by atoms with Crippen molar-refractivity contribution in [2.45, 2.75) is 0 Å². The summed E-state index contributed by atoms with van der Waals surface area (Å²) in [7, 11) is 0. The molecule has 0 aliphatic heterocycles. The molecule has 0 bridgehead atoms. The van der Waals surface area contributed by atoms with E-state index in [-0.39, 0.29) is 0 Å². The Kier molecular flexibility index (Phi) is 3.50. The first kappa shape index (κ1) is 14.9. The molecule has 0 fully saturated rings. The van der Waals surface area contributed by atoms with Crippen molar-refractivity contribution in [2.24, 2.45) is 0 Å². The Bertz CT molecular complexity index is 1130. The Morgan fingerprint density at radius 2 is 0.808 bits per heavy atom. The largest absolute Gasteiger partial charge is 0.248 e. The minimum atomic E-state index is 1.01. The van der Waals surface area contributed by atoms with Crippen LogP contribution in [0.4, 0.5) is 0 Å². The van der Waals surface area contributed by atoms with Crippen molar-refractivity contribution in [1.29, 1.82) is 0 Å². The Morgan fingerprint density at radius 3 is 1.35 bits per heavy atom. The number of pyridine rings is 1. The van der Waals surface area contributed by atoms with Gasteiger partial charge in [-0.25, -0.2) is 4.98 Å². The predicted octanol–water partition coefficient (Wildman–Crippen LogP) is 6.72. The van der Waals surface area contributed by atoms with Gasteiger partial charge >= 0.3 is 0 Å². The van der Waals surface area contributed by atoms with Crippen LogP contribution in [0.5, 0.6) is 0 Å². The lowest BCUT2D eigenvalue weighted by atomic mass is 9.99. The molecule has 1 aromatic heterocycles. The van der Waals surface area contributed by atoms with E-state index in [1.54, 1.807) is 0 Å². The van der Waals surface area contributed by atoms with Gasteiger partial charge in [0.25, 0.3) is 0 Å². The van der Waals surface area contributed by atoms with Crippen LogP contribution in [0.3, 0.4) is 0 Å². The van der Waals surface area contributed by atoms with E-state index in [1.807, 2.05) is 0 Å². The van der Waals surface area contributed by atoms with Gasteiger partial charge in [0, 0.05) is 11.1 Å². The van der Waals surface area contributed by atoms with Crippen LogP contribution in [-0.4, -0.2) is 4.98 Å². The van der Waals surface area contributed by atoms with Gasteiger partial charge in [-0.05, 0) is 33.7 Å². The molecule has 5 rings (SSSR count). The maximum atomic E-state index is 5.01. The highest BCUT2D eigenvalue weighted by atomic mass is 14.7. The van der Waals surface area contributed by atoms with Crippen molar-refractivity contribution in [3.05, 3.63) is 103 Å². The lowest BCUT2D eigenvalue weighted by molar-refractivity contribution is 1.33. The van der Waals surface area contributed by atoms with Crippen molar-refractivity contribution in [3.8, 4) is 22.5 Å². The van der Waals surface area contributed by atoms with Gasteiger partial charge in [-0.15, -0.1) is 0 Å². The molecule has 1 heteroatoms. The molecule has 26 heavy (non-hydrogen) atoms. The lowest BCUT2D eigenvalue weighted by Gasteiger charge is -2.10. The Hall–Kier alpha value is -3.45. The van der Waals surface area contributed by atoms with Crippen LogP contribution in [0, 0.1) is 0 Å². The van der Waals surface area contributed by atoms with Gasteiger partial charge in [0.15, 0.2) is 0 Å². The smallest absolute Gasteiger partial charge is 0.0715 e. The molecule has 122 valence electrons. The van der Waals surface area contributed by atoms with E-state index in [9.17, 15) is 0 Å².